The van der Waals surface area contributed by atoms with Crippen LogP contribution in [0.2, 0.25) is 0 Å². The summed E-state index contributed by atoms with van der Waals surface area (Å²) in [6.07, 6.45) is 0. The first kappa shape index (κ1) is 13.4. The summed E-state index contributed by atoms with van der Waals surface area (Å²) in [5.74, 6) is -0.0232. The maximum Gasteiger partial charge on any atom is 0.143 e. The normalized spacial score (nSPS) is 9.40. The van der Waals surface area contributed by atoms with Crippen LogP contribution in [0.25, 0.3) is 0 Å². The fourth-order valence-electron chi connectivity index (χ4n) is 1.78. The van der Waals surface area contributed by atoms with Crippen LogP contribution in [-0.4, -0.2) is 7.11 Å². The van der Waals surface area contributed by atoms with Gasteiger partial charge in [0.15, 0.2) is 0 Å². The summed E-state index contributed by atoms with van der Waals surface area (Å²) < 4.78 is 18.3. The van der Waals surface area contributed by atoms with Gasteiger partial charge < -0.3 is 10.1 Å². The van der Waals surface area contributed by atoms with Gasteiger partial charge in [0.2, 0.25) is 0 Å². The molecule has 2 rings (SSSR count). The number of nitrogens with one attached hydrogen (secondary N) is 1. The molecule has 2 aromatic rings. The van der Waals surface area contributed by atoms with E-state index < -0.39 is 5.82 Å². The third kappa shape index (κ3) is 2.52. The van der Waals surface area contributed by atoms with Gasteiger partial charge in [-0.25, -0.2) is 4.39 Å². The van der Waals surface area contributed by atoms with Crippen molar-refractivity contribution >= 4 is 11.4 Å². The Bertz CT molecular complexity index is 729. The predicted molar refractivity (Wildman–Crippen MR) is 72.1 cm³/mol. The smallest absolute Gasteiger partial charge is 0.143 e. The minimum absolute atomic E-state index is 0.153. The van der Waals surface area contributed by atoms with Crippen LogP contribution >= 0.6 is 0 Å². The van der Waals surface area contributed by atoms with E-state index in [-0.39, 0.29) is 5.56 Å². The van der Waals surface area contributed by atoms with E-state index in [9.17, 15) is 4.39 Å². The van der Waals surface area contributed by atoms with E-state index >= 15 is 0 Å². The molecule has 0 spiro atoms. The Hall–Kier alpha value is -3.05. The van der Waals surface area contributed by atoms with Gasteiger partial charge in [-0.3, -0.25) is 0 Å². The highest BCUT2D eigenvalue weighted by Crippen LogP contribution is 2.32. The Labute approximate surface area is 115 Å². The summed E-state index contributed by atoms with van der Waals surface area (Å²) in [6, 6.07) is 12.8. The van der Waals surface area contributed by atoms with Gasteiger partial charge >= 0.3 is 0 Å². The predicted octanol–water partition coefficient (Wildman–Crippen LogP) is 3.32. The van der Waals surface area contributed by atoms with Gasteiger partial charge in [0.25, 0.3) is 0 Å². The number of nitrogens with zero attached hydrogens (tertiary/aromatic N) is 2. The second-order valence-corrected chi connectivity index (χ2v) is 3.92. The van der Waals surface area contributed by atoms with E-state index in [0.717, 1.165) is 6.07 Å². The zero-order chi connectivity index (χ0) is 14.5. The molecule has 0 saturated heterocycles. The van der Waals surface area contributed by atoms with Gasteiger partial charge in [0.05, 0.1) is 29.6 Å². The average molecular weight is 267 g/mol. The number of anilines is 2. The zero-order valence-electron chi connectivity index (χ0n) is 10.6. The molecule has 0 amide bonds. The lowest BCUT2D eigenvalue weighted by Gasteiger charge is -2.13. The highest BCUT2D eigenvalue weighted by Gasteiger charge is 2.11. The molecule has 98 valence electrons. The summed E-state index contributed by atoms with van der Waals surface area (Å²) in [4.78, 5) is 0. The van der Waals surface area contributed by atoms with E-state index in [4.69, 9.17) is 15.3 Å². The molecular formula is C15H10FN3O. The molecule has 0 aliphatic heterocycles. The van der Waals surface area contributed by atoms with Crippen molar-refractivity contribution in [3.63, 3.8) is 0 Å². The van der Waals surface area contributed by atoms with Crippen LogP contribution in [0.3, 0.4) is 0 Å². The van der Waals surface area contributed by atoms with Gasteiger partial charge in [0.1, 0.15) is 23.7 Å². The number of methoxy groups -OCH3 is 1. The monoisotopic (exact) mass is 267 g/mol. The molecule has 0 aliphatic carbocycles. The fourth-order valence-corrected chi connectivity index (χ4v) is 1.78. The maximum absolute atomic E-state index is 13.1. The second kappa shape index (κ2) is 5.73. The van der Waals surface area contributed by atoms with Crippen molar-refractivity contribution in [3.05, 3.63) is 53.3 Å². The minimum atomic E-state index is -0.493. The van der Waals surface area contributed by atoms with Crippen molar-refractivity contribution in [1.29, 1.82) is 10.5 Å². The van der Waals surface area contributed by atoms with Gasteiger partial charge in [-0.1, -0.05) is 6.07 Å². The lowest BCUT2D eigenvalue weighted by molar-refractivity contribution is 0.416. The lowest BCUT2D eigenvalue weighted by atomic mass is 10.1. The van der Waals surface area contributed by atoms with Crippen molar-refractivity contribution in [2.75, 3.05) is 12.4 Å². The first-order valence-electron chi connectivity index (χ1n) is 5.73. The third-order valence-corrected chi connectivity index (χ3v) is 2.73. The maximum atomic E-state index is 13.1. The molecule has 0 aromatic heterocycles. The highest BCUT2D eigenvalue weighted by atomic mass is 19.1. The summed E-state index contributed by atoms with van der Waals surface area (Å²) >= 11 is 0. The number of hydrogen-bond donors (Lipinski definition) is 1. The van der Waals surface area contributed by atoms with Gasteiger partial charge in [-0.2, -0.15) is 10.5 Å². The molecule has 5 heteroatoms. The van der Waals surface area contributed by atoms with Crippen molar-refractivity contribution in [1.82, 2.24) is 0 Å². The largest absolute Gasteiger partial charge is 0.495 e. The van der Waals surface area contributed by atoms with E-state index in [0.29, 0.717) is 22.7 Å². The Morgan fingerprint density at radius 2 is 1.85 bits per heavy atom. The number of rotatable bonds is 3. The Morgan fingerprint density at radius 3 is 2.50 bits per heavy atom. The topological polar surface area (TPSA) is 68.8 Å². The molecule has 4 nitrogen and oxygen atoms in total. The molecule has 1 N–H and O–H groups in total. The summed E-state index contributed by atoms with van der Waals surface area (Å²) in [5, 5.41) is 21.1. The molecule has 0 radical (unpaired) electrons. The Balaban J connectivity index is 2.51. The number of hydrogen-bond acceptors (Lipinski definition) is 4. The second-order valence-electron chi connectivity index (χ2n) is 3.92. The first-order chi connectivity index (χ1) is 9.69. The van der Waals surface area contributed by atoms with E-state index in [1.807, 2.05) is 12.1 Å². The van der Waals surface area contributed by atoms with Gasteiger partial charge in [0, 0.05) is 0 Å². The minimum Gasteiger partial charge on any atom is -0.495 e. The molecule has 0 fully saturated rings. The van der Waals surface area contributed by atoms with E-state index in [2.05, 4.69) is 5.32 Å². The molecule has 0 unspecified atom stereocenters. The zero-order valence-corrected chi connectivity index (χ0v) is 10.6. The molecule has 0 atom stereocenters. The van der Waals surface area contributed by atoms with Crippen molar-refractivity contribution in [2.24, 2.45) is 0 Å². The molecule has 0 heterocycles. The van der Waals surface area contributed by atoms with Crippen molar-refractivity contribution in [3.8, 4) is 17.9 Å². The van der Waals surface area contributed by atoms with Crippen LogP contribution in [0.5, 0.6) is 5.75 Å². The molecule has 20 heavy (non-hydrogen) atoms. The molecular weight excluding hydrogens is 257 g/mol. The average Bonchev–Trinajstić information content (AvgIpc) is 2.49. The SMILES string of the molecule is COc1cccc(C#N)c1Nc1ccc(F)cc1C#N. The number of halogens is 1. The molecule has 0 saturated carbocycles. The lowest BCUT2D eigenvalue weighted by Crippen LogP contribution is -1.99. The number of benzene rings is 2. The van der Waals surface area contributed by atoms with Gasteiger partial charge in [-0.15, -0.1) is 0 Å². The Morgan fingerprint density at radius 1 is 1.10 bits per heavy atom. The first-order valence-corrected chi connectivity index (χ1v) is 5.73. The van der Waals surface area contributed by atoms with Crippen LogP contribution in [0, 0.1) is 28.5 Å². The highest BCUT2D eigenvalue weighted by molar-refractivity contribution is 5.75. The van der Waals surface area contributed by atoms with Crippen molar-refractivity contribution in [2.45, 2.75) is 0 Å². The third-order valence-electron chi connectivity index (χ3n) is 2.73. The standard InChI is InChI=1S/C15H10FN3O/c1-20-14-4-2-3-10(8-17)15(14)19-13-6-5-12(16)7-11(13)9-18/h2-7,19H,1H3. The number of nitriles is 2. The van der Waals surface area contributed by atoms with Crippen LogP contribution in [0.1, 0.15) is 11.1 Å². The van der Waals surface area contributed by atoms with Crippen molar-refractivity contribution < 1.29 is 9.13 Å². The van der Waals surface area contributed by atoms with Crippen LogP contribution in [0.15, 0.2) is 36.4 Å². The summed E-state index contributed by atoms with van der Waals surface area (Å²) in [7, 11) is 1.48. The van der Waals surface area contributed by atoms with Crippen LogP contribution < -0.4 is 10.1 Å². The van der Waals surface area contributed by atoms with Crippen LogP contribution in [-0.2, 0) is 0 Å². The quantitative estimate of drug-likeness (QED) is 0.926. The molecule has 0 bridgehead atoms. The van der Waals surface area contributed by atoms with E-state index in [1.165, 1.54) is 19.2 Å². The number of para-hydroxylation sites is 1. The van der Waals surface area contributed by atoms with Gasteiger partial charge in [-0.05, 0) is 30.3 Å². The van der Waals surface area contributed by atoms with E-state index in [1.54, 1.807) is 18.2 Å². The summed E-state index contributed by atoms with van der Waals surface area (Å²) in [6.45, 7) is 0. The number of ether oxygens (including phenoxy) is 1. The molecule has 0 aliphatic rings. The fraction of sp³-hybridized carbons (Fsp3) is 0.0667. The Kier molecular flexibility index (Phi) is 3.83. The molecule has 2 aromatic carbocycles. The summed E-state index contributed by atoms with van der Waals surface area (Å²) in [5.41, 5.74) is 1.38. The van der Waals surface area contributed by atoms with Crippen LogP contribution in [0.4, 0.5) is 15.8 Å².